The van der Waals surface area contributed by atoms with Crippen LogP contribution in [0.3, 0.4) is 0 Å². The summed E-state index contributed by atoms with van der Waals surface area (Å²) in [4.78, 5) is 37.1. The number of pyridine rings is 1. The van der Waals surface area contributed by atoms with Crippen LogP contribution in [0.5, 0.6) is 0 Å². The molecule has 7 heteroatoms. The van der Waals surface area contributed by atoms with Crippen molar-refractivity contribution in [3.8, 4) is 0 Å². The Morgan fingerprint density at radius 2 is 2.00 bits per heavy atom. The number of aromatic nitrogens is 1. The number of likely N-dealkylation sites (tertiary alicyclic amines) is 1. The summed E-state index contributed by atoms with van der Waals surface area (Å²) >= 11 is 0. The molecule has 0 aliphatic carbocycles. The summed E-state index contributed by atoms with van der Waals surface area (Å²) in [7, 11) is 0. The molecule has 1 aliphatic rings. The Kier molecular flexibility index (Phi) is 4.62. The highest BCUT2D eigenvalue weighted by Gasteiger charge is 2.25. The van der Waals surface area contributed by atoms with Gasteiger partial charge in [0.2, 0.25) is 0 Å². The third kappa shape index (κ3) is 3.84. The number of amides is 1. The molecular formula is C14H19N3O4. The summed E-state index contributed by atoms with van der Waals surface area (Å²) < 4.78 is 6.25. The second-order valence-electron chi connectivity index (χ2n) is 5.09. The molecule has 2 rings (SSSR count). The number of ether oxygens (including phenoxy) is 1. The van der Waals surface area contributed by atoms with E-state index in [2.05, 4.69) is 0 Å². The monoisotopic (exact) mass is 293 g/mol. The number of nitrogens with zero attached hydrogens (tertiary/aromatic N) is 2. The normalized spacial score (nSPS) is 15.8. The maximum atomic E-state index is 12.0. The van der Waals surface area contributed by atoms with E-state index in [0.29, 0.717) is 18.8 Å². The van der Waals surface area contributed by atoms with E-state index in [1.165, 1.54) is 18.3 Å². The fraction of sp³-hybridized carbons (Fsp3) is 0.500. The van der Waals surface area contributed by atoms with Crippen molar-refractivity contribution in [2.24, 2.45) is 0 Å². The smallest absolute Gasteiger partial charge is 0.326 e. The van der Waals surface area contributed by atoms with Gasteiger partial charge in [0, 0.05) is 31.0 Å². The van der Waals surface area contributed by atoms with Gasteiger partial charge in [0.15, 0.2) is 6.10 Å². The molecule has 0 spiro atoms. The average Bonchev–Trinajstić information content (AvgIpc) is 2.96. The summed E-state index contributed by atoms with van der Waals surface area (Å²) in [6, 6.07) is 2.74. The topological polar surface area (TPSA) is 94.6 Å². The van der Waals surface area contributed by atoms with E-state index in [1.807, 2.05) is 0 Å². The summed E-state index contributed by atoms with van der Waals surface area (Å²) in [5, 5.41) is 0. The Hall–Kier alpha value is -2.31. The molecule has 1 fully saturated rings. The second-order valence-corrected chi connectivity index (χ2v) is 5.09. The van der Waals surface area contributed by atoms with Gasteiger partial charge in [0.05, 0.1) is 0 Å². The van der Waals surface area contributed by atoms with Gasteiger partial charge in [-0.1, -0.05) is 0 Å². The van der Waals surface area contributed by atoms with Crippen LogP contribution in [0.2, 0.25) is 0 Å². The van der Waals surface area contributed by atoms with E-state index in [-0.39, 0.29) is 18.0 Å². The maximum absolute atomic E-state index is 12.0. The van der Waals surface area contributed by atoms with Crippen molar-refractivity contribution in [3.05, 3.63) is 28.7 Å². The Bertz CT molecular complexity index is 590. The van der Waals surface area contributed by atoms with Crippen LogP contribution in [-0.2, 0) is 20.9 Å². The number of nitrogens with two attached hydrogens (primary N) is 1. The minimum atomic E-state index is -0.840. The van der Waals surface area contributed by atoms with E-state index >= 15 is 0 Å². The number of hydrogen-bond acceptors (Lipinski definition) is 5. The molecule has 1 aliphatic heterocycles. The van der Waals surface area contributed by atoms with E-state index in [9.17, 15) is 14.4 Å². The van der Waals surface area contributed by atoms with Gasteiger partial charge < -0.3 is 19.9 Å². The van der Waals surface area contributed by atoms with E-state index < -0.39 is 12.1 Å². The molecule has 2 N–H and O–H groups in total. The number of nitrogen functional groups attached to an aromatic ring is 1. The van der Waals surface area contributed by atoms with Crippen molar-refractivity contribution in [1.29, 1.82) is 0 Å². The van der Waals surface area contributed by atoms with Crippen LogP contribution in [0.1, 0.15) is 19.8 Å². The molecule has 0 bridgehead atoms. The molecule has 1 amide bonds. The van der Waals surface area contributed by atoms with E-state index in [1.54, 1.807) is 11.8 Å². The summed E-state index contributed by atoms with van der Waals surface area (Å²) in [5.74, 6) is -0.830. The van der Waals surface area contributed by atoms with Crippen molar-refractivity contribution in [3.63, 3.8) is 0 Å². The first kappa shape index (κ1) is 15.1. The molecule has 21 heavy (non-hydrogen) atoms. The lowest BCUT2D eigenvalue weighted by Gasteiger charge is -2.20. The second kappa shape index (κ2) is 6.43. The van der Waals surface area contributed by atoms with Crippen LogP contribution >= 0.6 is 0 Å². The Morgan fingerprint density at radius 1 is 1.33 bits per heavy atom. The lowest BCUT2D eigenvalue weighted by molar-refractivity contribution is -0.159. The van der Waals surface area contributed by atoms with Gasteiger partial charge in [0.1, 0.15) is 6.54 Å². The van der Waals surface area contributed by atoms with Crippen LogP contribution in [0.15, 0.2) is 23.1 Å². The first-order chi connectivity index (χ1) is 9.97. The quantitative estimate of drug-likeness (QED) is 0.788. The van der Waals surface area contributed by atoms with Gasteiger partial charge >= 0.3 is 5.97 Å². The molecule has 1 unspecified atom stereocenters. The SMILES string of the molecule is CC(OC(=O)Cn1cc(N)ccc1=O)C(=O)N1CCCC1. The van der Waals surface area contributed by atoms with Crippen molar-refractivity contribution in [2.45, 2.75) is 32.4 Å². The summed E-state index contributed by atoms with van der Waals surface area (Å²) in [6.07, 6.45) is 2.49. The minimum Gasteiger partial charge on any atom is -0.451 e. The number of esters is 1. The van der Waals surface area contributed by atoms with Gasteiger partial charge in [-0.2, -0.15) is 0 Å². The van der Waals surface area contributed by atoms with E-state index in [4.69, 9.17) is 10.5 Å². The fourth-order valence-corrected chi connectivity index (χ4v) is 2.29. The Balaban J connectivity index is 1.93. The highest BCUT2D eigenvalue weighted by atomic mass is 16.5. The predicted molar refractivity (Wildman–Crippen MR) is 76.5 cm³/mol. The Labute approximate surface area is 122 Å². The van der Waals surface area contributed by atoms with Crippen molar-refractivity contribution in [1.82, 2.24) is 9.47 Å². The predicted octanol–water partition coefficient (Wildman–Crippen LogP) is -0.0154. The molecule has 0 radical (unpaired) electrons. The van der Waals surface area contributed by atoms with Gasteiger partial charge in [0.25, 0.3) is 11.5 Å². The summed E-state index contributed by atoms with van der Waals surface area (Å²) in [5.41, 5.74) is 5.59. The zero-order valence-electron chi connectivity index (χ0n) is 11.9. The Morgan fingerprint density at radius 3 is 2.67 bits per heavy atom. The van der Waals surface area contributed by atoms with Crippen molar-refractivity contribution >= 4 is 17.6 Å². The number of anilines is 1. The first-order valence-corrected chi connectivity index (χ1v) is 6.91. The lowest BCUT2D eigenvalue weighted by Crippen LogP contribution is -2.39. The van der Waals surface area contributed by atoms with Crippen LogP contribution in [0.4, 0.5) is 5.69 Å². The van der Waals surface area contributed by atoms with E-state index in [0.717, 1.165) is 17.4 Å². The largest absolute Gasteiger partial charge is 0.451 e. The highest BCUT2D eigenvalue weighted by molar-refractivity contribution is 5.83. The fourth-order valence-electron chi connectivity index (χ4n) is 2.29. The standard InChI is InChI=1S/C14H19N3O4/c1-10(14(20)16-6-2-3-7-16)21-13(19)9-17-8-11(15)4-5-12(17)18/h4-5,8,10H,2-3,6-7,9,15H2,1H3. The number of rotatable bonds is 4. The number of carbonyl (C=O) groups is 2. The molecule has 1 atom stereocenters. The number of hydrogen-bond donors (Lipinski definition) is 1. The third-order valence-electron chi connectivity index (χ3n) is 3.38. The highest BCUT2D eigenvalue weighted by Crippen LogP contribution is 2.10. The lowest BCUT2D eigenvalue weighted by atomic mass is 10.3. The molecular weight excluding hydrogens is 274 g/mol. The van der Waals surface area contributed by atoms with Gasteiger partial charge in [-0.25, -0.2) is 0 Å². The molecule has 2 heterocycles. The van der Waals surface area contributed by atoms with Crippen LogP contribution in [-0.4, -0.2) is 40.5 Å². The molecule has 0 aromatic carbocycles. The maximum Gasteiger partial charge on any atom is 0.326 e. The minimum absolute atomic E-state index is 0.194. The summed E-state index contributed by atoms with van der Waals surface area (Å²) in [6.45, 7) is 2.69. The molecule has 1 saturated heterocycles. The van der Waals surface area contributed by atoms with Crippen molar-refractivity contribution in [2.75, 3.05) is 18.8 Å². The van der Waals surface area contributed by atoms with Gasteiger partial charge in [-0.15, -0.1) is 0 Å². The average molecular weight is 293 g/mol. The zero-order valence-corrected chi connectivity index (χ0v) is 11.9. The number of carbonyl (C=O) groups excluding carboxylic acids is 2. The molecule has 1 aromatic rings. The van der Waals surface area contributed by atoms with Crippen molar-refractivity contribution < 1.29 is 14.3 Å². The van der Waals surface area contributed by atoms with Gasteiger partial charge in [-0.3, -0.25) is 14.4 Å². The van der Waals surface area contributed by atoms with Crippen LogP contribution in [0, 0.1) is 0 Å². The van der Waals surface area contributed by atoms with Crippen LogP contribution in [0.25, 0.3) is 0 Å². The first-order valence-electron chi connectivity index (χ1n) is 6.91. The molecule has 0 saturated carbocycles. The van der Waals surface area contributed by atoms with Gasteiger partial charge in [-0.05, 0) is 25.8 Å². The zero-order chi connectivity index (χ0) is 15.4. The molecule has 1 aromatic heterocycles. The molecule has 7 nitrogen and oxygen atoms in total. The molecule has 114 valence electrons. The third-order valence-corrected chi connectivity index (χ3v) is 3.38. The van der Waals surface area contributed by atoms with Crippen LogP contribution < -0.4 is 11.3 Å².